The minimum absolute atomic E-state index is 0.261. The summed E-state index contributed by atoms with van der Waals surface area (Å²) in [5.74, 6) is 1.08. The predicted octanol–water partition coefficient (Wildman–Crippen LogP) is 2.55. The molecule has 0 aliphatic rings. The Morgan fingerprint density at radius 3 is 2.50 bits per heavy atom. The Morgan fingerprint density at radius 1 is 1.20 bits per heavy atom. The van der Waals surface area contributed by atoms with E-state index in [0.29, 0.717) is 17.1 Å². The number of amides is 1. The molecule has 1 amide bonds. The van der Waals surface area contributed by atoms with Crippen molar-refractivity contribution in [1.82, 2.24) is 10.3 Å². The zero-order valence-electron chi connectivity index (χ0n) is 10.7. The van der Waals surface area contributed by atoms with E-state index in [9.17, 15) is 4.79 Å². The Kier molecular flexibility index (Phi) is 4.62. The number of benzene rings is 1. The third kappa shape index (κ3) is 3.76. The number of aromatic nitrogens is 1. The second-order valence-electron chi connectivity index (χ2n) is 3.76. The molecule has 1 heterocycles. The third-order valence-corrected chi connectivity index (χ3v) is 2.75. The summed E-state index contributed by atoms with van der Waals surface area (Å²) in [5, 5.41) is 2.47. The zero-order valence-corrected chi connectivity index (χ0v) is 11.5. The van der Waals surface area contributed by atoms with Gasteiger partial charge in [-0.25, -0.2) is 4.79 Å². The van der Waals surface area contributed by atoms with Crippen molar-refractivity contribution in [3.8, 4) is 11.5 Å². The highest BCUT2D eigenvalue weighted by atomic mass is 32.1. The summed E-state index contributed by atoms with van der Waals surface area (Å²) in [7, 11) is 1.56. The molecule has 1 aromatic carbocycles. The van der Waals surface area contributed by atoms with Crippen LogP contribution in [-0.2, 0) is 0 Å². The highest BCUT2D eigenvalue weighted by Gasteiger charge is 2.08. The van der Waals surface area contributed by atoms with Gasteiger partial charge in [0.1, 0.15) is 16.5 Å². The van der Waals surface area contributed by atoms with Crippen molar-refractivity contribution in [3.05, 3.63) is 54.4 Å². The van der Waals surface area contributed by atoms with Crippen LogP contribution in [0.4, 0.5) is 4.79 Å². The van der Waals surface area contributed by atoms with E-state index in [2.05, 4.69) is 10.3 Å². The van der Waals surface area contributed by atoms with Crippen LogP contribution in [0.25, 0.3) is 0 Å². The number of nitrogens with zero attached hydrogens (tertiary/aromatic N) is 1. The van der Waals surface area contributed by atoms with Crippen LogP contribution in [0.2, 0.25) is 0 Å². The van der Waals surface area contributed by atoms with Crippen LogP contribution in [0.1, 0.15) is 5.56 Å². The Morgan fingerprint density at radius 2 is 1.90 bits per heavy atom. The molecule has 1 aromatic heterocycles. The number of carbonyl (C=O) groups excluding carboxylic acids is 1. The molecule has 5 nitrogen and oxygen atoms in total. The summed E-state index contributed by atoms with van der Waals surface area (Å²) >= 11 is 5.08. The Balaban J connectivity index is 1.93. The van der Waals surface area contributed by atoms with Crippen molar-refractivity contribution in [1.29, 1.82) is 0 Å². The first-order valence-corrected chi connectivity index (χ1v) is 6.17. The summed E-state index contributed by atoms with van der Waals surface area (Å²) < 4.78 is 10.1. The van der Waals surface area contributed by atoms with E-state index in [4.69, 9.17) is 21.7 Å². The molecule has 2 rings (SSSR count). The summed E-state index contributed by atoms with van der Waals surface area (Å²) in [6.45, 7) is 0. The molecular formula is C14H12N2O3S. The van der Waals surface area contributed by atoms with Gasteiger partial charge >= 0.3 is 6.09 Å². The first-order valence-electron chi connectivity index (χ1n) is 5.76. The van der Waals surface area contributed by atoms with Gasteiger partial charge in [0.25, 0.3) is 0 Å². The number of carbonyl (C=O) groups is 1. The van der Waals surface area contributed by atoms with Crippen molar-refractivity contribution in [2.45, 2.75) is 0 Å². The second-order valence-corrected chi connectivity index (χ2v) is 4.17. The maximum absolute atomic E-state index is 11.7. The van der Waals surface area contributed by atoms with Gasteiger partial charge in [0.2, 0.25) is 0 Å². The van der Waals surface area contributed by atoms with Crippen LogP contribution in [0.15, 0.2) is 48.8 Å². The van der Waals surface area contributed by atoms with Gasteiger partial charge in [0.05, 0.1) is 7.11 Å². The number of ether oxygens (including phenoxy) is 2. The van der Waals surface area contributed by atoms with E-state index >= 15 is 0 Å². The van der Waals surface area contributed by atoms with Crippen LogP contribution in [0.5, 0.6) is 11.5 Å². The van der Waals surface area contributed by atoms with Crippen molar-refractivity contribution in [3.63, 3.8) is 0 Å². The van der Waals surface area contributed by atoms with Crippen molar-refractivity contribution in [2.24, 2.45) is 0 Å². The Bertz CT molecular complexity index is 600. The average molecular weight is 288 g/mol. The standard InChI is InChI=1S/C14H12N2O3S/c1-18-11-4-6-12(7-5-11)19-14(17)16-13(20)10-3-2-8-15-9-10/h2-9H,1H3,(H,16,17,20). The van der Waals surface area contributed by atoms with Crippen LogP contribution in [0, 0.1) is 0 Å². The van der Waals surface area contributed by atoms with Gasteiger partial charge in [-0.05, 0) is 36.4 Å². The summed E-state index contributed by atoms with van der Waals surface area (Å²) in [5.41, 5.74) is 0.647. The molecule has 0 saturated carbocycles. The Labute approximate surface area is 121 Å². The van der Waals surface area contributed by atoms with E-state index in [1.54, 1.807) is 55.9 Å². The lowest BCUT2D eigenvalue weighted by Gasteiger charge is -2.08. The first-order chi connectivity index (χ1) is 9.69. The lowest BCUT2D eigenvalue weighted by Crippen LogP contribution is -2.32. The minimum Gasteiger partial charge on any atom is -0.497 e. The largest absolute Gasteiger partial charge is 0.497 e. The number of pyridine rings is 1. The van der Waals surface area contributed by atoms with E-state index in [1.807, 2.05) is 0 Å². The molecule has 0 bridgehead atoms. The summed E-state index contributed by atoms with van der Waals surface area (Å²) in [6.07, 6.45) is 2.54. The Hall–Kier alpha value is -2.47. The van der Waals surface area contributed by atoms with E-state index in [0.717, 1.165) is 0 Å². The number of thiocarbonyl (C=S) groups is 1. The van der Waals surface area contributed by atoms with Gasteiger partial charge in [0, 0.05) is 18.0 Å². The molecule has 0 unspecified atom stereocenters. The normalized spacial score (nSPS) is 9.65. The van der Waals surface area contributed by atoms with Crippen molar-refractivity contribution >= 4 is 23.3 Å². The number of hydrogen-bond donors (Lipinski definition) is 1. The number of hydrogen-bond acceptors (Lipinski definition) is 5. The maximum atomic E-state index is 11.7. The summed E-state index contributed by atoms with van der Waals surface area (Å²) in [6, 6.07) is 10.1. The third-order valence-electron chi connectivity index (χ3n) is 2.41. The van der Waals surface area contributed by atoms with Gasteiger partial charge in [-0.2, -0.15) is 0 Å². The molecular weight excluding hydrogens is 276 g/mol. The molecule has 0 atom stereocenters. The first kappa shape index (κ1) is 14.0. The highest BCUT2D eigenvalue weighted by Crippen LogP contribution is 2.17. The van der Waals surface area contributed by atoms with Crippen LogP contribution in [-0.4, -0.2) is 23.2 Å². The fourth-order valence-electron chi connectivity index (χ4n) is 1.44. The molecule has 102 valence electrons. The molecule has 0 fully saturated rings. The van der Waals surface area contributed by atoms with Crippen LogP contribution < -0.4 is 14.8 Å². The van der Waals surface area contributed by atoms with Gasteiger partial charge in [-0.3, -0.25) is 10.3 Å². The molecule has 1 N–H and O–H groups in total. The van der Waals surface area contributed by atoms with Gasteiger partial charge in [-0.1, -0.05) is 12.2 Å². The van der Waals surface area contributed by atoms with Crippen LogP contribution >= 0.6 is 12.2 Å². The molecule has 6 heteroatoms. The number of nitrogens with one attached hydrogen (secondary N) is 1. The van der Waals surface area contributed by atoms with Crippen molar-refractivity contribution in [2.75, 3.05) is 7.11 Å². The van der Waals surface area contributed by atoms with Gasteiger partial charge in [-0.15, -0.1) is 0 Å². The SMILES string of the molecule is COc1ccc(OC(=O)NC(=S)c2cccnc2)cc1. The van der Waals surface area contributed by atoms with E-state index in [-0.39, 0.29) is 4.99 Å². The molecule has 0 spiro atoms. The summed E-state index contributed by atoms with van der Waals surface area (Å²) in [4.78, 5) is 15.9. The fraction of sp³-hybridized carbons (Fsp3) is 0.0714. The lowest BCUT2D eigenvalue weighted by atomic mass is 10.3. The molecule has 0 radical (unpaired) electrons. The fourth-order valence-corrected chi connectivity index (χ4v) is 1.64. The zero-order chi connectivity index (χ0) is 14.4. The van der Waals surface area contributed by atoms with Gasteiger partial charge < -0.3 is 9.47 Å². The molecule has 2 aromatic rings. The van der Waals surface area contributed by atoms with E-state index in [1.165, 1.54) is 0 Å². The second kappa shape index (κ2) is 6.63. The minimum atomic E-state index is -0.649. The van der Waals surface area contributed by atoms with E-state index < -0.39 is 6.09 Å². The van der Waals surface area contributed by atoms with Gasteiger partial charge in [0.15, 0.2) is 0 Å². The predicted molar refractivity (Wildman–Crippen MR) is 78.1 cm³/mol. The van der Waals surface area contributed by atoms with Crippen molar-refractivity contribution < 1.29 is 14.3 Å². The molecule has 20 heavy (non-hydrogen) atoms. The maximum Gasteiger partial charge on any atom is 0.417 e. The molecule has 0 aliphatic carbocycles. The molecule has 0 aliphatic heterocycles. The lowest BCUT2D eigenvalue weighted by molar-refractivity contribution is 0.206. The van der Waals surface area contributed by atoms with Crippen LogP contribution in [0.3, 0.4) is 0 Å². The highest BCUT2D eigenvalue weighted by molar-refractivity contribution is 7.80. The molecule has 0 saturated heterocycles. The topological polar surface area (TPSA) is 60.5 Å². The smallest absolute Gasteiger partial charge is 0.417 e. The number of rotatable bonds is 3. The quantitative estimate of drug-likeness (QED) is 0.880. The monoisotopic (exact) mass is 288 g/mol. The number of methoxy groups -OCH3 is 1. The average Bonchev–Trinajstić information content (AvgIpc) is 2.49.